The minimum Gasteiger partial charge on any atom is -0.497 e. The van der Waals surface area contributed by atoms with Gasteiger partial charge < -0.3 is 57.3 Å². The Morgan fingerprint density at radius 2 is 1.43 bits per heavy atom. The van der Waals surface area contributed by atoms with Crippen LogP contribution < -0.4 is 47.3 Å². The number of ether oxygens (including phenoxy) is 2. The third kappa shape index (κ3) is 11.8. The second-order valence-electron chi connectivity index (χ2n) is 21.9. The van der Waals surface area contributed by atoms with Gasteiger partial charge in [-0.15, -0.1) is 0 Å². The van der Waals surface area contributed by atoms with Crippen molar-refractivity contribution in [3.8, 4) is 11.5 Å². The lowest BCUT2D eigenvalue weighted by Crippen LogP contribution is -2.80. The second kappa shape index (κ2) is 24.3. The van der Waals surface area contributed by atoms with E-state index in [2.05, 4.69) is 124 Å². The van der Waals surface area contributed by atoms with Gasteiger partial charge >= 0.3 is 5.90 Å². The van der Waals surface area contributed by atoms with Gasteiger partial charge in [-0.1, -0.05) is 0 Å². The summed E-state index contributed by atoms with van der Waals surface area (Å²) >= 11 is 0. The first-order valence-corrected chi connectivity index (χ1v) is 28.2. The number of carbonyl (C=O) groups excluding carboxylic acids is 1. The molecule has 2 aliphatic rings. The van der Waals surface area contributed by atoms with E-state index >= 15 is 0 Å². The number of H-pyrrole nitrogens is 1. The molecule has 0 spiro atoms. The molecule has 2 saturated heterocycles. The molecule has 0 saturated carbocycles. The molecule has 1 amide bonds. The van der Waals surface area contributed by atoms with Crippen LogP contribution in [-0.4, -0.2) is 120 Å². The minimum atomic E-state index is -0.287. The molecule has 76 heavy (non-hydrogen) atoms. The molecule has 16 N–H and O–H groups in total. The van der Waals surface area contributed by atoms with E-state index in [9.17, 15) is 9.90 Å². The molecule has 0 unspecified atom stereocenters. The monoisotopic (exact) mass is 1040 g/mol. The van der Waals surface area contributed by atoms with Gasteiger partial charge in [0.1, 0.15) is 11.5 Å². The first-order chi connectivity index (χ1) is 37.1. The molecule has 0 radical (unpaired) electrons. The predicted octanol–water partition coefficient (Wildman–Crippen LogP) is 2.76. The Morgan fingerprint density at radius 1 is 0.776 bits per heavy atom. The van der Waals surface area contributed by atoms with E-state index in [4.69, 9.17) is 14.5 Å². The number of carbonyl (C=O) groups is 1. The molecule has 16 nitrogen and oxygen atoms in total. The van der Waals surface area contributed by atoms with Crippen LogP contribution in [0.25, 0.3) is 65.2 Å². The van der Waals surface area contributed by atoms with E-state index in [1.165, 1.54) is 41.8 Å². The zero-order chi connectivity index (χ0) is 52.7. The Hall–Kier alpha value is -6.40. The molecule has 4 aromatic carbocycles. The summed E-state index contributed by atoms with van der Waals surface area (Å²) in [5.74, 6) is 3.45. The molecule has 16 heteroatoms. The maximum Gasteiger partial charge on any atom is 0.392 e. The van der Waals surface area contributed by atoms with Crippen LogP contribution in [0.15, 0.2) is 85.5 Å². The normalized spacial score (nSPS) is 16.5. The average Bonchev–Trinajstić information content (AvgIpc) is 4.04. The first kappa shape index (κ1) is 53.0. The van der Waals surface area contributed by atoms with E-state index in [1.807, 2.05) is 18.2 Å². The SMILES string of the molecule is COc1ccc2nc3c(CNC(=O)[C@@H]([NH3+])CCCC[NH3+])cc4ccn(CCN5CCC(C6CCN(CC[n+]7ccc8cc(C[NH+]=C(O)[C@@H]([NH3+])CCCC[NH3+])c9[nH]c%10ccc(OC)cc%10c9c8c7)CC6)CC5)cc4c3c2c1. The van der Waals surface area contributed by atoms with E-state index in [0.29, 0.717) is 13.1 Å². The molecule has 2 aliphatic heterocycles. The number of unbranched alkanes of at least 4 members (excludes halogenated alkanes) is 2. The fourth-order valence-electron chi connectivity index (χ4n) is 12.3. The highest BCUT2D eigenvalue weighted by molar-refractivity contribution is 6.22. The highest BCUT2D eigenvalue weighted by atomic mass is 16.5. The number of nitrogens with one attached hydrogen (secondary N) is 3. The third-order valence-corrected chi connectivity index (χ3v) is 16.9. The highest BCUT2D eigenvalue weighted by Crippen LogP contribution is 2.38. The molecule has 0 aliphatic carbocycles. The largest absolute Gasteiger partial charge is 0.497 e. The lowest BCUT2D eigenvalue weighted by Gasteiger charge is -2.40. The number of benzene rings is 4. The number of fused-ring (bicyclic) bond motifs is 10. The van der Waals surface area contributed by atoms with Gasteiger partial charge in [-0.25, -0.2) is 14.5 Å². The molecular weight excluding hydrogens is 953 g/mol. The molecule has 6 heterocycles. The van der Waals surface area contributed by atoms with E-state index in [1.54, 1.807) is 14.2 Å². The van der Waals surface area contributed by atoms with Crippen molar-refractivity contribution < 1.29 is 51.9 Å². The van der Waals surface area contributed by atoms with Crippen molar-refractivity contribution >= 4 is 77.0 Å². The Morgan fingerprint density at radius 3 is 2.14 bits per heavy atom. The van der Waals surface area contributed by atoms with Gasteiger partial charge in [0.05, 0.1) is 55.8 Å². The Balaban J connectivity index is 0.742. The quantitative estimate of drug-likeness (QED) is 0.0206. The van der Waals surface area contributed by atoms with Crippen molar-refractivity contribution in [2.45, 2.75) is 102 Å². The molecular formula is C60H84N12O4+6. The number of aromatic amines is 1. The van der Waals surface area contributed by atoms with E-state index < -0.39 is 0 Å². The van der Waals surface area contributed by atoms with Crippen molar-refractivity contribution in [1.82, 2.24) is 29.7 Å². The van der Waals surface area contributed by atoms with Gasteiger partial charge in [0.25, 0.3) is 5.91 Å². The van der Waals surface area contributed by atoms with Gasteiger partial charge in [0, 0.05) is 88.9 Å². The van der Waals surface area contributed by atoms with Crippen molar-refractivity contribution in [2.24, 2.45) is 11.8 Å². The summed E-state index contributed by atoms with van der Waals surface area (Å²) in [4.78, 5) is 30.6. The summed E-state index contributed by atoms with van der Waals surface area (Å²) in [5, 5.41) is 23.2. The molecule has 8 aromatic rings. The maximum atomic E-state index is 13.1. The average molecular weight is 1040 g/mol. The van der Waals surface area contributed by atoms with Gasteiger partial charge in [0.2, 0.25) is 6.04 Å². The van der Waals surface area contributed by atoms with Crippen molar-refractivity contribution in [2.75, 3.05) is 66.6 Å². The summed E-state index contributed by atoms with van der Waals surface area (Å²) in [6.07, 6.45) is 19.8. The molecule has 10 rings (SSSR count). The number of piperidine rings is 2. The fourth-order valence-corrected chi connectivity index (χ4v) is 12.3. The summed E-state index contributed by atoms with van der Waals surface area (Å²) in [7, 11) is 3.42. The number of amides is 1. The number of quaternary nitrogens is 4. The number of hydrogen-bond donors (Lipinski definition) is 8. The van der Waals surface area contributed by atoms with Gasteiger partial charge in [0.15, 0.2) is 31.5 Å². The molecule has 2 fully saturated rings. The van der Waals surface area contributed by atoms with Crippen LogP contribution in [0.2, 0.25) is 0 Å². The maximum absolute atomic E-state index is 13.1. The van der Waals surface area contributed by atoms with Crippen LogP contribution in [0.5, 0.6) is 11.5 Å². The molecule has 402 valence electrons. The molecule has 0 bridgehead atoms. The number of rotatable bonds is 23. The van der Waals surface area contributed by atoms with Gasteiger partial charge in [-0.3, -0.25) is 9.69 Å². The standard InChI is InChI=1S/C60H78N12O4/c1-75-45-9-11-53-47(33-45)55-49-37-71(25-17-41(49)31-43(57(55)67-53)35-65-59(73)51(63)7-3-5-19-61)29-27-69-21-13-39(14-22-69)40-15-23-70(24-16-40)28-30-72-26-18-42-32-44(36-66-60(74)52(64)8-4-6-20-62)58-56(50(42)38-72)48-34-46(76-2)10-12-54(48)68-58/h9-12,17-18,25-26,31-34,37-40,51-52H,3-8,13-16,19-24,27-30,35-36,61-64H2,1-2H3,(H2,65,66,73,74)/p+6/t51-,52-/m0/s1. The number of aliphatic hydroxyl groups is 1. The first-order valence-electron chi connectivity index (χ1n) is 28.2. The third-order valence-electron chi connectivity index (χ3n) is 16.9. The highest BCUT2D eigenvalue weighted by Gasteiger charge is 2.30. The Labute approximate surface area is 445 Å². The number of likely N-dealkylation sites (tertiary alicyclic amines) is 2. The fraction of sp³-hybridized carbons (Fsp3) is 0.467. The van der Waals surface area contributed by atoms with Crippen LogP contribution in [0.3, 0.4) is 0 Å². The topological polar surface area (TPSA) is 236 Å². The van der Waals surface area contributed by atoms with Gasteiger partial charge in [-0.05, 0) is 160 Å². The van der Waals surface area contributed by atoms with Crippen molar-refractivity contribution in [3.63, 3.8) is 0 Å². The van der Waals surface area contributed by atoms with Crippen molar-refractivity contribution in [1.29, 1.82) is 0 Å². The summed E-state index contributed by atoms with van der Waals surface area (Å²) in [6.45, 7) is 11.2. The van der Waals surface area contributed by atoms with Crippen LogP contribution in [0.4, 0.5) is 0 Å². The lowest BCUT2D eigenvalue weighted by molar-refractivity contribution is -0.695. The number of nitrogens with zero attached hydrogens (tertiary/aromatic N) is 5. The summed E-state index contributed by atoms with van der Waals surface area (Å²) in [5.41, 5.74) is 22.3. The second-order valence-corrected chi connectivity index (χ2v) is 21.9. The number of hydrogen-bond acceptors (Lipinski definition) is 6. The molecule has 2 atom stereocenters. The summed E-state index contributed by atoms with van der Waals surface area (Å²) < 4.78 is 16.1. The lowest BCUT2D eigenvalue weighted by atomic mass is 9.79. The number of methoxy groups -OCH3 is 2. The number of pyridine rings is 2. The Bertz CT molecular complexity index is 3330. The minimum absolute atomic E-state index is 0.0210. The van der Waals surface area contributed by atoms with Crippen molar-refractivity contribution in [3.05, 3.63) is 96.6 Å². The number of aromatic nitrogens is 4. The van der Waals surface area contributed by atoms with E-state index in [-0.39, 0.29) is 23.9 Å². The smallest absolute Gasteiger partial charge is 0.392 e. The van der Waals surface area contributed by atoms with Crippen LogP contribution in [-0.2, 0) is 31.0 Å². The Kier molecular flexibility index (Phi) is 16.9. The summed E-state index contributed by atoms with van der Waals surface area (Å²) in [6, 6.07) is 20.8. The van der Waals surface area contributed by atoms with Gasteiger partial charge in [-0.2, -0.15) is 0 Å². The van der Waals surface area contributed by atoms with E-state index in [0.717, 1.165) is 187 Å². The van der Waals surface area contributed by atoms with Crippen LogP contribution in [0.1, 0.15) is 75.3 Å². The number of aliphatic hydroxyl groups excluding tert-OH is 1. The van der Waals surface area contributed by atoms with Crippen LogP contribution in [0, 0.1) is 11.8 Å². The zero-order valence-electron chi connectivity index (χ0n) is 45.2. The molecule has 4 aromatic heterocycles. The predicted molar refractivity (Wildman–Crippen MR) is 300 cm³/mol. The zero-order valence-corrected chi connectivity index (χ0v) is 45.2. The van der Waals surface area contributed by atoms with Crippen LogP contribution >= 0.6 is 0 Å².